The van der Waals surface area contributed by atoms with Crippen LogP contribution in [-0.4, -0.2) is 25.5 Å². The highest BCUT2D eigenvalue weighted by atomic mass is 16.6. The van der Waals surface area contributed by atoms with Crippen molar-refractivity contribution in [2.45, 2.75) is 31.1 Å². The zero-order valence-corrected chi connectivity index (χ0v) is 6.88. The van der Waals surface area contributed by atoms with Crippen LogP contribution in [0.4, 0.5) is 0 Å². The van der Waals surface area contributed by atoms with E-state index in [9.17, 15) is 0 Å². The fourth-order valence-corrected chi connectivity index (χ4v) is 2.29. The predicted molar refractivity (Wildman–Crippen MR) is 41.0 cm³/mol. The molecule has 2 rings (SSSR count). The molecule has 3 nitrogen and oxygen atoms in total. The van der Waals surface area contributed by atoms with Crippen LogP contribution in [0, 0.1) is 5.92 Å². The van der Waals surface area contributed by atoms with Crippen molar-refractivity contribution in [3.8, 4) is 0 Å². The molecule has 1 heterocycles. The van der Waals surface area contributed by atoms with Gasteiger partial charge in [-0.2, -0.15) is 0 Å². The maximum absolute atomic E-state index is 6.03. The number of hydrogen-bond acceptors (Lipinski definition) is 3. The Hall–Kier alpha value is -0.120. The van der Waals surface area contributed by atoms with Gasteiger partial charge in [0.1, 0.15) is 5.72 Å². The van der Waals surface area contributed by atoms with E-state index in [2.05, 4.69) is 0 Å². The summed E-state index contributed by atoms with van der Waals surface area (Å²) in [7, 11) is 1.73. The van der Waals surface area contributed by atoms with E-state index in [4.69, 9.17) is 15.2 Å². The lowest BCUT2D eigenvalue weighted by Gasteiger charge is -2.23. The van der Waals surface area contributed by atoms with E-state index in [1.54, 1.807) is 7.11 Å². The van der Waals surface area contributed by atoms with Gasteiger partial charge in [-0.3, -0.25) is 0 Å². The summed E-state index contributed by atoms with van der Waals surface area (Å²) in [4.78, 5) is 0. The van der Waals surface area contributed by atoms with Gasteiger partial charge in [0.25, 0.3) is 0 Å². The summed E-state index contributed by atoms with van der Waals surface area (Å²) in [6, 6.07) is 0. The second kappa shape index (κ2) is 2.44. The van der Waals surface area contributed by atoms with Crippen LogP contribution in [0.25, 0.3) is 0 Å². The second-order valence-corrected chi connectivity index (χ2v) is 3.54. The van der Waals surface area contributed by atoms with Crippen molar-refractivity contribution >= 4 is 0 Å². The quantitative estimate of drug-likeness (QED) is 0.602. The number of fused-ring (bicyclic) bond motifs is 1. The highest BCUT2D eigenvalue weighted by molar-refractivity contribution is 4.97. The van der Waals surface area contributed by atoms with Crippen LogP contribution in [0.15, 0.2) is 0 Å². The van der Waals surface area contributed by atoms with Gasteiger partial charge in [0, 0.05) is 13.0 Å². The highest BCUT2D eigenvalue weighted by Gasteiger charge is 2.50. The minimum atomic E-state index is -0.347. The lowest BCUT2D eigenvalue weighted by Crippen LogP contribution is -2.43. The van der Waals surface area contributed by atoms with E-state index < -0.39 is 0 Å². The lowest BCUT2D eigenvalue weighted by atomic mass is 9.97. The van der Waals surface area contributed by atoms with Crippen molar-refractivity contribution in [2.24, 2.45) is 11.7 Å². The summed E-state index contributed by atoms with van der Waals surface area (Å²) in [5.74, 6) is 0.437. The van der Waals surface area contributed by atoms with Crippen LogP contribution >= 0.6 is 0 Å². The summed E-state index contributed by atoms with van der Waals surface area (Å²) in [6.07, 6.45) is 3.58. The lowest BCUT2D eigenvalue weighted by molar-refractivity contribution is -0.00336. The molecule has 2 aliphatic rings. The first-order valence-electron chi connectivity index (χ1n) is 4.22. The van der Waals surface area contributed by atoms with Crippen LogP contribution in [0.1, 0.15) is 19.3 Å². The molecule has 64 valence electrons. The molecule has 0 aromatic heterocycles. The molecule has 1 saturated heterocycles. The topological polar surface area (TPSA) is 44.5 Å². The van der Waals surface area contributed by atoms with Gasteiger partial charge in [0.15, 0.2) is 0 Å². The Kier molecular flexibility index (Phi) is 1.67. The Morgan fingerprint density at radius 2 is 2.45 bits per heavy atom. The van der Waals surface area contributed by atoms with Crippen LogP contribution < -0.4 is 5.73 Å². The molecule has 1 aliphatic heterocycles. The molecule has 11 heavy (non-hydrogen) atoms. The predicted octanol–water partition coefficient (Wildman–Crippen LogP) is 0.487. The molecule has 3 unspecified atom stereocenters. The van der Waals surface area contributed by atoms with Gasteiger partial charge in [0.2, 0.25) is 0 Å². The molecule has 0 spiro atoms. The number of methoxy groups -OCH3 is 1. The first-order valence-corrected chi connectivity index (χ1v) is 4.22. The number of hydrogen-bond donors (Lipinski definition) is 1. The fourth-order valence-electron chi connectivity index (χ4n) is 2.29. The molecule has 2 N–H and O–H groups in total. The average molecular weight is 157 g/mol. The van der Waals surface area contributed by atoms with Crippen molar-refractivity contribution in [3.63, 3.8) is 0 Å². The Labute approximate surface area is 66.8 Å². The van der Waals surface area contributed by atoms with E-state index in [1.807, 2.05) is 0 Å². The van der Waals surface area contributed by atoms with Crippen LogP contribution in [0.3, 0.4) is 0 Å². The van der Waals surface area contributed by atoms with Crippen molar-refractivity contribution in [3.05, 3.63) is 0 Å². The molecule has 0 aromatic rings. The van der Waals surface area contributed by atoms with E-state index in [0.717, 1.165) is 12.8 Å². The van der Waals surface area contributed by atoms with Gasteiger partial charge in [-0.1, -0.05) is 0 Å². The van der Waals surface area contributed by atoms with Gasteiger partial charge < -0.3 is 15.2 Å². The molecule has 0 radical (unpaired) electrons. The summed E-state index contributed by atoms with van der Waals surface area (Å²) in [6.45, 7) is 0.678. The van der Waals surface area contributed by atoms with E-state index in [1.165, 1.54) is 6.42 Å². The number of ether oxygens (including phenoxy) is 2. The zero-order chi connectivity index (χ0) is 7.90. The van der Waals surface area contributed by atoms with E-state index >= 15 is 0 Å². The third-order valence-electron chi connectivity index (χ3n) is 2.98. The molecule has 2 fully saturated rings. The molecule has 0 aromatic carbocycles. The zero-order valence-electron chi connectivity index (χ0n) is 6.88. The average Bonchev–Trinajstić information content (AvgIpc) is 2.45. The second-order valence-electron chi connectivity index (χ2n) is 3.54. The molecule has 0 amide bonds. The van der Waals surface area contributed by atoms with Crippen molar-refractivity contribution < 1.29 is 9.47 Å². The molecule has 0 bridgehead atoms. The monoisotopic (exact) mass is 157 g/mol. The van der Waals surface area contributed by atoms with Crippen LogP contribution in [-0.2, 0) is 9.47 Å². The Morgan fingerprint density at radius 1 is 1.64 bits per heavy atom. The van der Waals surface area contributed by atoms with E-state index in [0.29, 0.717) is 12.5 Å². The maximum Gasteiger partial charge on any atom is 0.122 e. The van der Waals surface area contributed by atoms with Crippen molar-refractivity contribution in [1.29, 1.82) is 0 Å². The van der Waals surface area contributed by atoms with E-state index in [-0.39, 0.29) is 11.8 Å². The summed E-state index contributed by atoms with van der Waals surface area (Å²) >= 11 is 0. The Bertz CT molecular complexity index is 162. The van der Waals surface area contributed by atoms with Crippen LogP contribution in [0.2, 0.25) is 0 Å². The SMILES string of the molecule is COC1COC2(N)CCCC12. The Balaban J connectivity index is 2.13. The largest absolute Gasteiger partial charge is 0.379 e. The fraction of sp³-hybridized carbons (Fsp3) is 1.00. The van der Waals surface area contributed by atoms with Crippen molar-refractivity contribution in [1.82, 2.24) is 0 Å². The minimum Gasteiger partial charge on any atom is -0.379 e. The third-order valence-corrected chi connectivity index (χ3v) is 2.98. The van der Waals surface area contributed by atoms with Crippen LogP contribution in [0.5, 0.6) is 0 Å². The molecule has 1 saturated carbocycles. The van der Waals surface area contributed by atoms with Gasteiger partial charge >= 0.3 is 0 Å². The molecule has 1 aliphatic carbocycles. The first kappa shape index (κ1) is 7.53. The minimum absolute atomic E-state index is 0.238. The summed E-state index contributed by atoms with van der Waals surface area (Å²) < 4.78 is 10.8. The summed E-state index contributed by atoms with van der Waals surface area (Å²) in [5.41, 5.74) is 5.68. The van der Waals surface area contributed by atoms with Gasteiger partial charge in [0.05, 0.1) is 12.7 Å². The smallest absolute Gasteiger partial charge is 0.122 e. The molecular formula is C8H15NO2. The standard InChI is InChI=1S/C8H15NO2/c1-10-7-5-11-8(9)4-2-3-6(7)8/h6-7H,2-5,9H2,1H3. The van der Waals surface area contributed by atoms with Gasteiger partial charge in [-0.15, -0.1) is 0 Å². The maximum atomic E-state index is 6.03. The molecule has 3 heteroatoms. The molecule has 3 atom stereocenters. The van der Waals surface area contributed by atoms with Crippen molar-refractivity contribution in [2.75, 3.05) is 13.7 Å². The third kappa shape index (κ3) is 0.991. The number of nitrogens with two attached hydrogens (primary N) is 1. The normalized spacial score (nSPS) is 49.6. The summed E-state index contributed by atoms with van der Waals surface area (Å²) in [5, 5.41) is 0. The highest BCUT2D eigenvalue weighted by Crippen LogP contribution is 2.42. The molecular weight excluding hydrogens is 142 g/mol. The van der Waals surface area contributed by atoms with Gasteiger partial charge in [-0.25, -0.2) is 0 Å². The number of rotatable bonds is 1. The Morgan fingerprint density at radius 3 is 3.18 bits per heavy atom. The first-order chi connectivity index (χ1) is 5.26. The van der Waals surface area contributed by atoms with Gasteiger partial charge in [-0.05, 0) is 19.3 Å².